The van der Waals surface area contributed by atoms with Crippen LogP contribution in [0.15, 0.2) is 11.8 Å². The van der Waals surface area contributed by atoms with E-state index in [2.05, 4.69) is 4.72 Å². The van der Waals surface area contributed by atoms with Gasteiger partial charge in [0, 0.05) is 18.3 Å². The molecular weight excluding hydrogens is 178 g/mol. The van der Waals surface area contributed by atoms with E-state index in [1.807, 2.05) is 0 Å². The summed E-state index contributed by atoms with van der Waals surface area (Å²) < 4.78 is 25.8. The second-order valence-corrected chi connectivity index (χ2v) is 4.08. The maximum Gasteiger partial charge on any atom is 0.324 e. The Balaban J connectivity index is 3.12. The zero-order valence-corrected chi connectivity index (χ0v) is 7.77. The third-order valence-electron chi connectivity index (χ3n) is 1.49. The SMILES string of the molecule is CCN1C(=N)C=C(C)NS1(=O)=O. The molecule has 1 aliphatic heterocycles. The molecule has 0 atom stereocenters. The van der Waals surface area contributed by atoms with Gasteiger partial charge in [-0.3, -0.25) is 10.1 Å². The van der Waals surface area contributed by atoms with E-state index in [9.17, 15) is 8.42 Å². The number of allylic oxidation sites excluding steroid dienone is 1. The van der Waals surface area contributed by atoms with Crippen molar-refractivity contribution in [2.75, 3.05) is 6.54 Å². The van der Waals surface area contributed by atoms with Gasteiger partial charge in [0.25, 0.3) is 0 Å². The van der Waals surface area contributed by atoms with Crippen LogP contribution in [0.3, 0.4) is 0 Å². The maximum atomic E-state index is 11.3. The average Bonchev–Trinajstić information content (AvgIpc) is 1.82. The molecule has 0 bridgehead atoms. The summed E-state index contributed by atoms with van der Waals surface area (Å²) in [4.78, 5) is 0. The van der Waals surface area contributed by atoms with Crippen molar-refractivity contribution in [3.63, 3.8) is 0 Å². The first-order chi connectivity index (χ1) is 5.47. The number of amidine groups is 1. The number of hydrogen-bond donors (Lipinski definition) is 2. The molecule has 0 aromatic heterocycles. The van der Waals surface area contributed by atoms with Gasteiger partial charge in [-0.2, -0.15) is 8.42 Å². The molecule has 0 fully saturated rings. The van der Waals surface area contributed by atoms with Gasteiger partial charge in [-0.15, -0.1) is 0 Å². The van der Waals surface area contributed by atoms with Crippen LogP contribution in [0.25, 0.3) is 0 Å². The highest BCUT2D eigenvalue weighted by Crippen LogP contribution is 2.08. The Morgan fingerprint density at radius 1 is 1.67 bits per heavy atom. The molecule has 5 nitrogen and oxygen atoms in total. The summed E-state index contributed by atoms with van der Waals surface area (Å²) in [6.07, 6.45) is 1.48. The van der Waals surface area contributed by atoms with Crippen LogP contribution in [-0.4, -0.2) is 25.1 Å². The summed E-state index contributed by atoms with van der Waals surface area (Å²) in [6, 6.07) is 0. The van der Waals surface area contributed by atoms with Crippen LogP contribution >= 0.6 is 0 Å². The number of hydrogen-bond acceptors (Lipinski definition) is 3. The Hall–Kier alpha value is -1.04. The van der Waals surface area contributed by atoms with Gasteiger partial charge < -0.3 is 0 Å². The smallest absolute Gasteiger partial charge is 0.284 e. The van der Waals surface area contributed by atoms with Crippen molar-refractivity contribution in [2.45, 2.75) is 13.8 Å². The Morgan fingerprint density at radius 2 is 2.25 bits per heavy atom. The predicted molar refractivity (Wildman–Crippen MR) is 45.9 cm³/mol. The van der Waals surface area contributed by atoms with Gasteiger partial charge in [-0.05, 0) is 13.8 Å². The van der Waals surface area contributed by atoms with Crippen LogP contribution in [0.5, 0.6) is 0 Å². The molecule has 6 heteroatoms. The van der Waals surface area contributed by atoms with E-state index >= 15 is 0 Å². The predicted octanol–water partition coefficient (Wildman–Crippen LogP) is 0.0374. The quantitative estimate of drug-likeness (QED) is 0.611. The fourth-order valence-corrected chi connectivity index (χ4v) is 2.26. The van der Waals surface area contributed by atoms with Crippen LogP contribution in [0.1, 0.15) is 13.8 Å². The molecular formula is C6H11N3O2S. The fraction of sp³-hybridized carbons (Fsp3) is 0.500. The summed E-state index contributed by atoms with van der Waals surface area (Å²) in [6.45, 7) is 3.57. The van der Waals surface area contributed by atoms with Gasteiger partial charge in [-0.25, -0.2) is 4.31 Å². The lowest BCUT2D eigenvalue weighted by Gasteiger charge is -2.26. The van der Waals surface area contributed by atoms with E-state index in [1.165, 1.54) is 6.08 Å². The van der Waals surface area contributed by atoms with Gasteiger partial charge in [0.1, 0.15) is 5.84 Å². The fourth-order valence-electron chi connectivity index (χ4n) is 1.03. The van der Waals surface area contributed by atoms with Crippen molar-refractivity contribution < 1.29 is 8.42 Å². The molecule has 0 amide bonds. The molecule has 0 spiro atoms. The first-order valence-corrected chi connectivity index (χ1v) is 4.98. The van der Waals surface area contributed by atoms with E-state index in [4.69, 9.17) is 5.41 Å². The zero-order valence-electron chi connectivity index (χ0n) is 6.96. The van der Waals surface area contributed by atoms with Crippen molar-refractivity contribution in [3.8, 4) is 0 Å². The molecule has 1 aliphatic rings. The molecule has 0 saturated carbocycles. The standard InChI is InChI=1S/C6H11N3O2S/c1-3-9-6(7)4-5(2)8-12(9,10)11/h4,7-8H,3H2,1-2H3. The molecule has 0 unspecified atom stereocenters. The molecule has 2 N–H and O–H groups in total. The van der Waals surface area contributed by atoms with Crippen molar-refractivity contribution in [3.05, 3.63) is 11.8 Å². The van der Waals surface area contributed by atoms with Crippen molar-refractivity contribution >= 4 is 16.0 Å². The number of nitrogens with one attached hydrogen (secondary N) is 2. The molecule has 1 heterocycles. The highest BCUT2D eigenvalue weighted by molar-refractivity contribution is 7.87. The zero-order chi connectivity index (χ0) is 9.35. The Labute approximate surface area is 71.8 Å². The normalized spacial score (nSPS) is 21.7. The van der Waals surface area contributed by atoms with E-state index in [-0.39, 0.29) is 12.4 Å². The lowest BCUT2D eigenvalue weighted by atomic mass is 10.4. The second-order valence-electron chi connectivity index (χ2n) is 2.48. The summed E-state index contributed by atoms with van der Waals surface area (Å²) >= 11 is 0. The van der Waals surface area contributed by atoms with Gasteiger partial charge in [0.15, 0.2) is 0 Å². The topological polar surface area (TPSA) is 73.3 Å². The molecule has 0 radical (unpaired) electrons. The number of nitrogens with zero attached hydrogens (tertiary/aromatic N) is 1. The van der Waals surface area contributed by atoms with Crippen molar-refractivity contribution in [1.82, 2.24) is 9.03 Å². The first-order valence-electron chi connectivity index (χ1n) is 3.54. The highest BCUT2D eigenvalue weighted by Gasteiger charge is 2.25. The minimum atomic E-state index is -3.48. The largest absolute Gasteiger partial charge is 0.324 e. The van der Waals surface area contributed by atoms with Crippen LogP contribution in [0.4, 0.5) is 0 Å². The van der Waals surface area contributed by atoms with Crippen LogP contribution in [0, 0.1) is 5.41 Å². The van der Waals surface area contributed by atoms with Gasteiger partial charge in [-0.1, -0.05) is 0 Å². The molecule has 0 aromatic carbocycles. The van der Waals surface area contributed by atoms with Gasteiger partial charge in [0.2, 0.25) is 0 Å². The Morgan fingerprint density at radius 3 is 2.67 bits per heavy atom. The monoisotopic (exact) mass is 189 g/mol. The molecule has 68 valence electrons. The summed E-state index contributed by atoms with van der Waals surface area (Å²) in [5.41, 5.74) is 0.477. The second kappa shape index (κ2) is 2.78. The highest BCUT2D eigenvalue weighted by atomic mass is 32.2. The summed E-state index contributed by atoms with van der Waals surface area (Å²) in [5, 5.41) is 7.36. The van der Waals surface area contributed by atoms with E-state index in [0.717, 1.165) is 4.31 Å². The van der Waals surface area contributed by atoms with Crippen molar-refractivity contribution in [2.24, 2.45) is 0 Å². The van der Waals surface area contributed by atoms with Crippen LogP contribution in [0.2, 0.25) is 0 Å². The van der Waals surface area contributed by atoms with E-state index in [1.54, 1.807) is 13.8 Å². The number of likely N-dealkylation sites (N-methyl/N-ethyl adjacent to an activating group) is 1. The Kier molecular flexibility index (Phi) is 2.10. The molecule has 0 aliphatic carbocycles. The minimum absolute atomic E-state index is 0.00810. The number of rotatable bonds is 1. The summed E-state index contributed by atoms with van der Waals surface area (Å²) in [7, 11) is -3.48. The Bertz CT molecular complexity index is 331. The first kappa shape index (κ1) is 9.05. The summed E-state index contributed by atoms with van der Waals surface area (Å²) in [5.74, 6) is 0.00810. The molecule has 0 aromatic rings. The lowest BCUT2D eigenvalue weighted by molar-refractivity contribution is 0.519. The minimum Gasteiger partial charge on any atom is -0.284 e. The van der Waals surface area contributed by atoms with Crippen molar-refractivity contribution in [1.29, 1.82) is 5.41 Å². The van der Waals surface area contributed by atoms with E-state index < -0.39 is 10.2 Å². The van der Waals surface area contributed by atoms with Gasteiger partial charge in [0.05, 0.1) is 0 Å². The average molecular weight is 189 g/mol. The van der Waals surface area contributed by atoms with E-state index in [0.29, 0.717) is 5.70 Å². The molecule has 0 saturated heterocycles. The molecule has 1 rings (SSSR count). The third kappa shape index (κ3) is 1.42. The third-order valence-corrected chi connectivity index (χ3v) is 3.10. The molecule has 12 heavy (non-hydrogen) atoms. The van der Waals surface area contributed by atoms with Crippen LogP contribution < -0.4 is 4.72 Å². The van der Waals surface area contributed by atoms with Gasteiger partial charge >= 0.3 is 10.2 Å². The lowest BCUT2D eigenvalue weighted by Crippen LogP contribution is -2.46. The van der Waals surface area contributed by atoms with Crippen LogP contribution in [-0.2, 0) is 10.2 Å². The maximum absolute atomic E-state index is 11.3.